The zero-order valence-electron chi connectivity index (χ0n) is 14.7. The molecule has 2 N–H and O–H groups in total. The number of nitrogens with zero attached hydrogens (tertiary/aromatic N) is 1. The molecular weight excluding hydrogens is 356 g/mol. The number of hydrogen-bond donors (Lipinski definition) is 2. The van der Waals surface area contributed by atoms with Crippen molar-refractivity contribution in [2.24, 2.45) is 0 Å². The summed E-state index contributed by atoms with van der Waals surface area (Å²) in [6, 6.07) is 8.92. The molecule has 0 unspecified atom stereocenters. The Labute approximate surface area is 154 Å². The van der Waals surface area contributed by atoms with Gasteiger partial charge in [0.1, 0.15) is 23.7 Å². The number of urea groups is 1. The molecule has 0 aromatic heterocycles. The van der Waals surface area contributed by atoms with Crippen molar-refractivity contribution in [2.75, 3.05) is 11.9 Å². The monoisotopic (exact) mass is 373 g/mol. The van der Waals surface area contributed by atoms with E-state index in [9.17, 15) is 23.2 Å². The van der Waals surface area contributed by atoms with Crippen molar-refractivity contribution >= 4 is 23.5 Å². The topological polar surface area (TPSA) is 78.5 Å². The largest absolute Gasteiger partial charge is 0.325 e. The molecular formula is C19H17F2N3O3. The molecule has 1 fully saturated rings. The summed E-state index contributed by atoms with van der Waals surface area (Å²) in [4.78, 5) is 37.9. The van der Waals surface area contributed by atoms with Crippen LogP contribution in [0.3, 0.4) is 0 Å². The van der Waals surface area contributed by atoms with Gasteiger partial charge in [0.25, 0.3) is 5.91 Å². The maximum Gasteiger partial charge on any atom is 0.325 e. The van der Waals surface area contributed by atoms with Crippen LogP contribution in [0.25, 0.3) is 0 Å². The zero-order valence-corrected chi connectivity index (χ0v) is 14.7. The molecule has 1 atom stereocenters. The van der Waals surface area contributed by atoms with Crippen LogP contribution >= 0.6 is 0 Å². The van der Waals surface area contributed by atoms with E-state index in [4.69, 9.17) is 0 Å². The van der Waals surface area contributed by atoms with Crippen molar-refractivity contribution in [1.29, 1.82) is 0 Å². The number of nitrogens with one attached hydrogen (secondary N) is 2. The lowest BCUT2D eigenvalue weighted by Gasteiger charge is -2.22. The third-order valence-corrected chi connectivity index (χ3v) is 4.41. The van der Waals surface area contributed by atoms with E-state index < -0.39 is 41.6 Å². The molecule has 2 aromatic rings. The standard InChI is InChI=1S/C19H17F2N3O3/c1-11-3-5-12(6-4-11)19(2)17(26)24(18(27)23-19)10-16(25)22-15-9-13(20)7-8-14(15)21/h3-9H,10H2,1-2H3,(H,22,25)(H,23,27)/t19-/m1/s1. The van der Waals surface area contributed by atoms with Crippen molar-refractivity contribution in [1.82, 2.24) is 10.2 Å². The maximum absolute atomic E-state index is 13.6. The Kier molecular flexibility index (Phi) is 4.65. The summed E-state index contributed by atoms with van der Waals surface area (Å²) < 4.78 is 26.8. The highest BCUT2D eigenvalue weighted by atomic mass is 19.1. The lowest BCUT2D eigenvalue weighted by Crippen LogP contribution is -2.42. The van der Waals surface area contributed by atoms with Gasteiger partial charge in [-0.25, -0.2) is 13.6 Å². The number of amides is 4. The van der Waals surface area contributed by atoms with Gasteiger partial charge in [0, 0.05) is 6.07 Å². The molecule has 0 saturated carbocycles. The first-order valence-electron chi connectivity index (χ1n) is 8.17. The van der Waals surface area contributed by atoms with Crippen LogP contribution < -0.4 is 10.6 Å². The van der Waals surface area contributed by atoms with Crippen LogP contribution in [0.1, 0.15) is 18.1 Å². The molecule has 0 radical (unpaired) electrons. The van der Waals surface area contributed by atoms with E-state index in [-0.39, 0.29) is 5.69 Å². The Morgan fingerprint density at radius 2 is 1.81 bits per heavy atom. The van der Waals surface area contributed by atoms with E-state index in [1.165, 1.54) is 0 Å². The Hall–Kier alpha value is -3.29. The van der Waals surface area contributed by atoms with E-state index in [0.717, 1.165) is 28.7 Å². The van der Waals surface area contributed by atoms with E-state index in [2.05, 4.69) is 10.6 Å². The summed E-state index contributed by atoms with van der Waals surface area (Å²) in [5.74, 6) is -2.98. The van der Waals surface area contributed by atoms with Gasteiger partial charge in [0.05, 0.1) is 5.69 Å². The Morgan fingerprint density at radius 3 is 2.48 bits per heavy atom. The van der Waals surface area contributed by atoms with Gasteiger partial charge in [0.15, 0.2) is 0 Å². The lowest BCUT2D eigenvalue weighted by atomic mass is 9.91. The summed E-state index contributed by atoms with van der Waals surface area (Å²) in [6.07, 6.45) is 0. The first-order chi connectivity index (χ1) is 12.7. The zero-order chi connectivity index (χ0) is 19.8. The van der Waals surface area contributed by atoms with E-state index >= 15 is 0 Å². The molecule has 140 valence electrons. The minimum atomic E-state index is -1.31. The second kappa shape index (κ2) is 6.79. The third-order valence-electron chi connectivity index (χ3n) is 4.41. The average Bonchev–Trinajstić information content (AvgIpc) is 2.83. The first kappa shape index (κ1) is 18.5. The SMILES string of the molecule is Cc1ccc([C@@]2(C)NC(=O)N(CC(=O)Nc3cc(F)ccc3F)C2=O)cc1. The van der Waals surface area contributed by atoms with Crippen LogP contribution in [-0.2, 0) is 15.1 Å². The van der Waals surface area contributed by atoms with Crippen LogP contribution in [0.5, 0.6) is 0 Å². The van der Waals surface area contributed by atoms with Crippen molar-refractivity contribution in [3.8, 4) is 0 Å². The first-order valence-corrected chi connectivity index (χ1v) is 8.17. The highest BCUT2D eigenvalue weighted by Gasteiger charge is 2.49. The molecule has 6 nitrogen and oxygen atoms in total. The number of anilines is 1. The molecule has 1 saturated heterocycles. The van der Waals surface area contributed by atoms with Gasteiger partial charge in [-0.1, -0.05) is 29.8 Å². The van der Waals surface area contributed by atoms with Crippen LogP contribution in [0.2, 0.25) is 0 Å². The number of aryl methyl sites for hydroxylation is 1. The molecule has 0 bridgehead atoms. The number of halogens is 2. The number of hydrogen-bond acceptors (Lipinski definition) is 3. The molecule has 1 aliphatic rings. The average molecular weight is 373 g/mol. The molecule has 27 heavy (non-hydrogen) atoms. The molecule has 1 heterocycles. The van der Waals surface area contributed by atoms with Crippen LogP contribution in [0.4, 0.5) is 19.3 Å². The molecule has 4 amide bonds. The molecule has 0 aliphatic carbocycles. The third kappa shape index (κ3) is 3.51. The Balaban J connectivity index is 1.76. The Morgan fingerprint density at radius 1 is 1.15 bits per heavy atom. The van der Waals surface area contributed by atoms with Gasteiger partial charge < -0.3 is 10.6 Å². The fraction of sp³-hybridized carbons (Fsp3) is 0.211. The smallest absolute Gasteiger partial charge is 0.322 e. The predicted molar refractivity (Wildman–Crippen MR) is 93.8 cm³/mol. The van der Waals surface area contributed by atoms with Gasteiger partial charge >= 0.3 is 6.03 Å². The van der Waals surface area contributed by atoms with E-state index in [1.54, 1.807) is 19.1 Å². The van der Waals surface area contributed by atoms with Gasteiger partial charge in [-0.05, 0) is 31.5 Å². The highest BCUT2D eigenvalue weighted by Crippen LogP contribution is 2.29. The van der Waals surface area contributed by atoms with Crippen molar-refractivity contribution < 1.29 is 23.2 Å². The second-order valence-electron chi connectivity index (χ2n) is 6.48. The van der Waals surface area contributed by atoms with Crippen LogP contribution in [-0.4, -0.2) is 29.3 Å². The summed E-state index contributed by atoms with van der Waals surface area (Å²) in [7, 11) is 0. The number of carbonyl (C=O) groups excluding carboxylic acids is 3. The fourth-order valence-corrected chi connectivity index (χ4v) is 2.85. The second-order valence-corrected chi connectivity index (χ2v) is 6.48. The summed E-state index contributed by atoms with van der Waals surface area (Å²) in [5.41, 5.74) is -0.110. The number of rotatable bonds is 4. The van der Waals surface area contributed by atoms with Crippen molar-refractivity contribution in [2.45, 2.75) is 19.4 Å². The van der Waals surface area contributed by atoms with Crippen molar-refractivity contribution in [3.05, 3.63) is 65.2 Å². The summed E-state index contributed by atoms with van der Waals surface area (Å²) in [5, 5.41) is 4.74. The molecule has 3 rings (SSSR count). The minimum absolute atomic E-state index is 0.367. The van der Waals surface area contributed by atoms with Crippen molar-refractivity contribution in [3.63, 3.8) is 0 Å². The minimum Gasteiger partial charge on any atom is -0.322 e. The quantitative estimate of drug-likeness (QED) is 0.809. The molecule has 2 aromatic carbocycles. The highest BCUT2D eigenvalue weighted by molar-refractivity contribution is 6.10. The van der Waals surface area contributed by atoms with E-state index in [1.807, 2.05) is 19.1 Å². The molecule has 8 heteroatoms. The number of benzene rings is 2. The predicted octanol–water partition coefficient (Wildman–Crippen LogP) is 2.68. The van der Waals surface area contributed by atoms with Gasteiger partial charge in [-0.15, -0.1) is 0 Å². The maximum atomic E-state index is 13.6. The number of imide groups is 1. The van der Waals surface area contributed by atoms with Gasteiger partial charge in [-0.2, -0.15) is 0 Å². The van der Waals surface area contributed by atoms with Gasteiger partial charge in [-0.3, -0.25) is 14.5 Å². The summed E-state index contributed by atoms with van der Waals surface area (Å²) >= 11 is 0. The normalized spacial score (nSPS) is 19.2. The van der Waals surface area contributed by atoms with E-state index in [0.29, 0.717) is 5.56 Å². The number of carbonyl (C=O) groups is 3. The fourth-order valence-electron chi connectivity index (χ4n) is 2.85. The Bertz CT molecular complexity index is 930. The van der Waals surface area contributed by atoms with Gasteiger partial charge in [0.2, 0.25) is 5.91 Å². The lowest BCUT2D eigenvalue weighted by molar-refractivity contribution is -0.133. The molecule has 1 aliphatic heterocycles. The van der Waals surface area contributed by atoms with Crippen LogP contribution in [0, 0.1) is 18.6 Å². The summed E-state index contributed by atoms with van der Waals surface area (Å²) in [6.45, 7) is 2.81. The van der Waals surface area contributed by atoms with Crippen LogP contribution in [0.15, 0.2) is 42.5 Å². The molecule has 0 spiro atoms.